The summed E-state index contributed by atoms with van der Waals surface area (Å²) in [7, 11) is 0. The highest BCUT2D eigenvalue weighted by molar-refractivity contribution is 5.92. The summed E-state index contributed by atoms with van der Waals surface area (Å²) in [4.78, 5) is 6.40. The number of benzene rings is 1. The van der Waals surface area contributed by atoms with Crippen molar-refractivity contribution in [3.05, 3.63) is 41.9 Å². The van der Waals surface area contributed by atoms with Gasteiger partial charge in [0.1, 0.15) is 0 Å². The molecule has 0 saturated carbocycles. The van der Waals surface area contributed by atoms with Crippen molar-refractivity contribution in [2.24, 2.45) is 0 Å². The Morgan fingerprint density at radius 3 is 2.91 bits per heavy atom. The fraction of sp³-hybridized carbons (Fsp3) is 0. The third-order valence-corrected chi connectivity index (χ3v) is 1.69. The quantitative estimate of drug-likeness (QED) is 0.546. The Balaban J connectivity index is 2.89. The van der Waals surface area contributed by atoms with Crippen molar-refractivity contribution in [2.45, 2.75) is 0 Å². The minimum atomic E-state index is 0.695. The second-order valence-electron chi connectivity index (χ2n) is 2.33. The first kappa shape index (κ1) is 5.99. The fourth-order valence-corrected chi connectivity index (χ4v) is 1.15. The van der Waals surface area contributed by atoms with E-state index in [1.165, 1.54) is 0 Å². The van der Waals surface area contributed by atoms with Gasteiger partial charge in [0, 0.05) is 17.1 Å². The Hall–Kier alpha value is -1.75. The zero-order valence-electron chi connectivity index (χ0n) is 5.83. The molecule has 1 N–H and O–H groups in total. The maximum Gasteiger partial charge on any atom is 0.211 e. The van der Waals surface area contributed by atoms with E-state index in [-0.39, 0.29) is 0 Å². The van der Waals surface area contributed by atoms with Crippen LogP contribution in [0.5, 0.6) is 0 Å². The summed E-state index contributed by atoms with van der Waals surface area (Å²) in [6.07, 6.45) is 1.73. The van der Waals surface area contributed by atoms with Crippen LogP contribution in [-0.2, 0) is 0 Å². The van der Waals surface area contributed by atoms with E-state index in [1.807, 2.05) is 24.3 Å². The summed E-state index contributed by atoms with van der Waals surface area (Å²) in [6.45, 7) is 6.85. The lowest BCUT2D eigenvalue weighted by Crippen LogP contribution is -1.62. The number of hydrogen-bond donors (Lipinski definition) is 1. The SMILES string of the molecule is [C-]#[N+]c1c[nH]c2ccccc12. The maximum atomic E-state index is 6.85. The van der Waals surface area contributed by atoms with E-state index in [0.717, 1.165) is 10.9 Å². The van der Waals surface area contributed by atoms with Gasteiger partial charge < -0.3 is 4.98 Å². The molecule has 2 aromatic rings. The molecule has 0 amide bonds. The first-order chi connectivity index (χ1) is 5.42. The molecule has 2 heteroatoms. The third kappa shape index (κ3) is 0.786. The highest BCUT2D eigenvalue weighted by Gasteiger charge is 1.99. The summed E-state index contributed by atoms with van der Waals surface area (Å²) in [5, 5.41) is 1.00. The molecule has 52 valence electrons. The zero-order chi connectivity index (χ0) is 7.68. The first-order valence-corrected chi connectivity index (χ1v) is 3.35. The molecule has 0 saturated heterocycles. The molecule has 0 spiro atoms. The molecule has 0 aliphatic heterocycles. The predicted molar refractivity (Wildman–Crippen MR) is 44.6 cm³/mol. The molecule has 0 aliphatic carbocycles. The lowest BCUT2D eigenvalue weighted by Gasteiger charge is -1.86. The fourth-order valence-electron chi connectivity index (χ4n) is 1.15. The van der Waals surface area contributed by atoms with E-state index < -0.39 is 0 Å². The molecule has 0 aliphatic rings. The van der Waals surface area contributed by atoms with Crippen LogP contribution < -0.4 is 0 Å². The van der Waals surface area contributed by atoms with E-state index in [0.29, 0.717) is 5.69 Å². The number of nitrogens with zero attached hydrogens (tertiary/aromatic N) is 1. The minimum Gasteiger partial charge on any atom is -0.372 e. The first-order valence-electron chi connectivity index (χ1n) is 3.35. The highest BCUT2D eigenvalue weighted by Crippen LogP contribution is 2.24. The summed E-state index contributed by atoms with van der Waals surface area (Å²) >= 11 is 0. The Kier molecular flexibility index (Phi) is 1.16. The molecule has 2 rings (SSSR count). The van der Waals surface area contributed by atoms with Gasteiger partial charge in [0.25, 0.3) is 0 Å². The normalized spacial score (nSPS) is 9.73. The van der Waals surface area contributed by atoms with E-state index in [4.69, 9.17) is 6.57 Å². The van der Waals surface area contributed by atoms with Crippen LogP contribution in [0.4, 0.5) is 5.69 Å². The van der Waals surface area contributed by atoms with Gasteiger partial charge in [0.2, 0.25) is 5.69 Å². The van der Waals surface area contributed by atoms with Crippen LogP contribution in [0, 0.1) is 6.57 Å². The molecule has 0 atom stereocenters. The molecule has 1 aromatic carbocycles. The molecule has 0 radical (unpaired) electrons. The molecule has 2 nitrogen and oxygen atoms in total. The monoisotopic (exact) mass is 142 g/mol. The number of fused-ring (bicyclic) bond motifs is 1. The minimum absolute atomic E-state index is 0.695. The van der Waals surface area contributed by atoms with Crippen molar-refractivity contribution >= 4 is 16.6 Å². The van der Waals surface area contributed by atoms with Gasteiger partial charge in [-0.1, -0.05) is 18.2 Å². The van der Waals surface area contributed by atoms with E-state index in [9.17, 15) is 0 Å². The van der Waals surface area contributed by atoms with Gasteiger partial charge in [-0.15, -0.1) is 0 Å². The van der Waals surface area contributed by atoms with Crippen LogP contribution in [0.3, 0.4) is 0 Å². The standard InChI is InChI=1S/C9H6N2/c1-10-9-6-11-8-5-3-2-4-7(8)9/h2-6,11H. The van der Waals surface area contributed by atoms with E-state index in [1.54, 1.807) is 6.20 Å². The highest BCUT2D eigenvalue weighted by atomic mass is 14.8. The summed E-state index contributed by atoms with van der Waals surface area (Å²) in [6, 6.07) is 7.79. The van der Waals surface area contributed by atoms with Gasteiger partial charge in [-0.2, -0.15) is 0 Å². The number of para-hydroxylation sites is 1. The lowest BCUT2D eigenvalue weighted by atomic mass is 10.2. The zero-order valence-corrected chi connectivity index (χ0v) is 5.83. The van der Waals surface area contributed by atoms with E-state index in [2.05, 4.69) is 9.83 Å². The second kappa shape index (κ2) is 2.14. The molecule has 0 unspecified atom stereocenters. The predicted octanol–water partition coefficient (Wildman–Crippen LogP) is 2.72. The second-order valence-corrected chi connectivity index (χ2v) is 2.33. The van der Waals surface area contributed by atoms with Crippen molar-refractivity contribution in [1.29, 1.82) is 0 Å². The Bertz CT molecular complexity index is 420. The van der Waals surface area contributed by atoms with Crippen molar-refractivity contribution in [3.8, 4) is 0 Å². The summed E-state index contributed by atoms with van der Waals surface area (Å²) in [5.41, 5.74) is 1.72. The van der Waals surface area contributed by atoms with Crippen molar-refractivity contribution < 1.29 is 0 Å². The molecule has 0 fully saturated rings. The van der Waals surface area contributed by atoms with Crippen molar-refractivity contribution in [1.82, 2.24) is 4.98 Å². The van der Waals surface area contributed by atoms with Crippen LogP contribution in [0.1, 0.15) is 0 Å². The number of H-pyrrole nitrogens is 1. The Morgan fingerprint density at radius 2 is 2.09 bits per heavy atom. The van der Waals surface area contributed by atoms with Gasteiger partial charge in [-0.25, -0.2) is 4.85 Å². The number of hydrogen-bond acceptors (Lipinski definition) is 0. The van der Waals surface area contributed by atoms with E-state index >= 15 is 0 Å². The molecule has 1 heterocycles. The third-order valence-electron chi connectivity index (χ3n) is 1.69. The van der Waals surface area contributed by atoms with Gasteiger partial charge in [-0.3, -0.25) is 0 Å². The molecule has 1 aromatic heterocycles. The largest absolute Gasteiger partial charge is 0.372 e. The molecular weight excluding hydrogens is 136 g/mol. The number of nitrogens with one attached hydrogen (secondary N) is 1. The average molecular weight is 142 g/mol. The van der Waals surface area contributed by atoms with Crippen molar-refractivity contribution in [2.75, 3.05) is 0 Å². The number of aromatic nitrogens is 1. The van der Waals surface area contributed by atoms with Gasteiger partial charge in [-0.05, 0) is 6.07 Å². The number of aromatic amines is 1. The number of rotatable bonds is 0. The van der Waals surface area contributed by atoms with Crippen LogP contribution in [0.25, 0.3) is 15.7 Å². The molecule has 11 heavy (non-hydrogen) atoms. The average Bonchev–Trinajstić information content (AvgIpc) is 2.47. The van der Waals surface area contributed by atoms with Crippen LogP contribution in [-0.4, -0.2) is 4.98 Å². The maximum absolute atomic E-state index is 6.85. The lowest BCUT2D eigenvalue weighted by molar-refractivity contribution is 1.48. The van der Waals surface area contributed by atoms with Gasteiger partial charge >= 0.3 is 0 Å². The Labute approximate surface area is 64.3 Å². The van der Waals surface area contributed by atoms with Gasteiger partial charge in [0.15, 0.2) is 0 Å². The topological polar surface area (TPSA) is 20.1 Å². The molecule has 0 bridgehead atoms. The van der Waals surface area contributed by atoms with Crippen LogP contribution in [0.2, 0.25) is 0 Å². The smallest absolute Gasteiger partial charge is 0.211 e. The Morgan fingerprint density at radius 1 is 1.27 bits per heavy atom. The van der Waals surface area contributed by atoms with Crippen molar-refractivity contribution in [3.63, 3.8) is 0 Å². The van der Waals surface area contributed by atoms with Gasteiger partial charge in [0.05, 0.1) is 6.57 Å². The van der Waals surface area contributed by atoms with Crippen LogP contribution >= 0.6 is 0 Å². The van der Waals surface area contributed by atoms with Crippen LogP contribution in [0.15, 0.2) is 30.5 Å². The summed E-state index contributed by atoms with van der Waals surface area (Å²) in [5.74, 6) is 0. The molecular formula is C9H6N2. The summed E-state index contributed by atoms with van der Waals surface area (Å²) < 4.78 is 0.